The molecule has 0 bridgehead atoms. The lowest BCUT2D eigenvalue weighted by Gasteiger charge is -2.33. The van der Waals surface area contributed by atoms with Crippen LogP contribution in [0.5, 0.6) is 5.75 Å². The Morgan fingerprint density at radius 1 is 1.31 bits per heavy atom. The van der Waals surface area contributed by atoms with E-state index < -0.39 is 22.6 Å². The van der Waals surface area contributed by atoms with Crippen molar-refractivity contribution in [2.75, 3.05) is 20.1 Å². The largest absolute Gasteiger partial charge is 0.435 e. The SMILES string of the molecule is CN(Cc1ccc(OC(F)F)cc1)C(=O)C1CCCN(S(=O)(=O)c2cccs2)C1. The zero-order valence-electron chi connectivity index (χ0n) is 15.8. The van der Waals surface area contributed by atoms with Crippen LogP contribution >= 0.6 is 11.3 Å². The first-order valence-electron chi connectivity index (χ1n) is 9.10. The van der Waals surface area contributed by atoms with Gasteiger partial charge in [-0.1, -0.05) is 18.2 Å². The van der Waals surface area contributed by atoms with Crippen molar-refractivity contribution in [2.24, 2.45) is 5.92 Å². The van der Waals surface area contributed by atoms with Gasteiger partial charge in [-0.25, -0.2) is 8.42 Å². The van der Waals surface area contributed by atoms with E-state index in [1.165, 1.54) is 21.3 Å². The summed E-state index contributed by atoms with van der Waals surface area (Å²) in [5.74, 6) is -0.492. The zero-order chi connectivity index (χ0) is 21.0. The van der Waals surface area contributed by atoms with Crippen molar-refractivity contribution in [3.05, 3.63) is 47.3 Å². The number of sulfonamides is 1. The number of carbonyl (C=O) groups is 1. The number of hydrogen-bond acceptors (Lipinski definition) is 5. The number of alkyl halides is 2. The van der Waals surface area contributed by atoms with E-state index in [4.69, 9.17) is 0 Å². The van der Waals surface area contributed by atoms with Gasteiger partial charge in [0.15, 0.2) is 0 Å². The monoisotopic (exact) mass is 444 g/mol. The fourth-order valence-electron chi connectivity index (χ4n) is 3.34. The van der Waals surface area contributed by atoms with Crippen molar-refractivity contribution in [3.8, 4) is 5.75 Å². The predicted octanol–water partition coefficient (Wildman–Crippen LogP) is 3.41. The number of carbonyl (C=O) groups excluding carboxylic acids is 1. The van der Waals surface area contributed by atoms with Gasteiger partial charge in [0.1, 0.15) is 9.96 Å². The first-order valence-corrected chi connectivity index (χ1v) is 11.4. The third kappa shape index (κ3) is 5.31. The molecule has 1 aliphatic rings. The molecule has 0 radical (unpaired) electrons. The van der Waals surface area contributed by atoms with Crippen molar-refractivity contribution >= 4 is 27.3 Å². The minimum absolute atomic E-state index is 0.0550. The van der Waals surface area contributed by atoms with Crippen LogP contribution in [0.2, 0.25) is 0 Å². The molecule has 0 saturated carbocycles. The van der Waals surface area contributed by atoms with Gasteiger partial charge >= 0.3 is 6.61 Å². The number of piperidine rings is 1. The Bertz CT molecular complexity index is 918. The van der Waals surface area contributed by atoms with Gasteiger partial charge < -0.3 is 9.64 Å². The molecule has 3 rings (SSSR count). The van der Waals surface area contributed by atoms with Crippen molar-refractivity contribution in [1.82, 2.24) is 9.21 Å². The molecular formula is C19H22F2N2O4S2. The van der Waals surface area contributed by atoms with Crippen molar-refractivity contribution < 1.29 is 26.7 Å². The Balaban J connectivity index is 1.62. The smallest absolute Gasteiger partial charge is 0.387 e. The van der Waals surface area contributed by atoms with E-state index in [-0.39, 0.29) is 22.4 Å². The van der Waals surface area contributed by atoms with Crippen LogP contribution in [0.3, 0.4) is 0 Å². The molecule has 10 heteroatoms. The van der Waals surface area contributed by atoms with Crippen LogP contribution < -0.4 is 4.74 Å². The van der Waals surface area contributed by atoms with Crippen LogP contribution in [0.1, 0.15) is 18.4 Å². The maximum absolute atomic E-state index is 12.9. The Hall–Kier alpha value is -2.04. The molecule has 2 heterocycles. The van der Waals surface area contributed by atoms with E-state index in [1.807, 2.05) is 0 Å². The number of benzene rings is 1. The molecule has 158 valence electrons. The van der Waals surface area contributed by atoms with Gasteiger partial charge in [-0.2, -0.15) is 13.1 Å². The number of halogens is 2. The minimum Gasteiger partial charge on any atom is -0.435 e. The first-order chi connectivity index (χ1) is 13.8. The number of thiophene rings is 1. The van der Waals surface area contributed by atoms with Crippen LogP contribution in [0, 0.1) is 5.92 Å². The number of nitrogens with zero attached hydrogens (tertiary/aromatic N) is 2. The van der Waals surface area contributed by atoms with Gasteiger partial charge in [-0.3, -0.25) is 4.79 Å². The fraction of sp³-hybridized carbons (Fsp3) is 0.421. The normalized spacial score (nSPS) is 18.0. The number of ether oxygens (including phenoxy) is 1. The summed E-state index contributed by atoms with van der Waals surface area (Å²) in [5.41, 5.74) is 0.765. The van der Waals surface area contributed by atoms with Crippen LogP contribution in [-0.4, -0.2) is 50.3 Å². The molecule has 1 fully saturated rings. The van der Waals surface area contributed by atoms with E-state index in [0.29, 0.717) is 25.9 Å². The van der Waals surface area contributed by atoms with Gasteiger partial charge in [0, 0.05) is 26.7 Å². The molecule has 1 unspecified atom stereocenters. The second-order valence-corrected chi connectivity index (χ2v) is 9.96. The van der Waals surface area contributed by atoms with Crippen molar-refractivity contribution in [3.63, 3.8) is 0 Å². The fourth-order valence-corrected chi connectivity index (χ4v) is 6.01. The zero-order valence-corrected chi connectivity index (χ0v) is 17.5. The summed E-state index contributed by atoms with van der Waals surface area (Å²) in [7, 11) is -1.93. The molecule has 0 N–H and O–H groups in total. The molecule has 0 spiro atoms. The Kier molecular flexibility index (Phi) is 6.86. The van der Waals surface area contributed by atoms with Gasteiger partial charge in [-0.05, 0) is 42.0 Å². The molecule has 1 aliphatic heterocycles. The lowest BCUT2D eigenvalue weighted by atomic mass is 9.98. The minimum atomic E-state index is -3.58. The topological polar surface area (TPSA) is 66.9 Å². The van der Waals surface area contributed by atoms with Gasteiger partial charge in [0.2, 0.25) is 5.91 Å². The number of rotatable bonds is 7. The van der Waals surface area contributed by atoms with Crippen LogP contribution in [0.15, 0.2) is 46.0 Å². The molecule has 1 atom stereocenters. The molecule has 6 nitrogen and oxygen atoms in total. The highest BCUT2D eigenvalue weighted by Crippen LogP contribution is 2.27. The molecule has 2 aromatic rings. The Morgan fingerprint density at radius 2 is 2.03 bits per heavy atom. The molecule has 1 saturated heterocycles. The van der Waals surface area contributed by atoms with Crippen molar-refractivity contribution in [2.45, 2.75) is 30.2 Å². The van der Waals surface area contributed by atoms with E-state index >= 15 is 0 Å². The first kappa shape index (κ1) is 21.7. The highest BCUT2D eigenvalue weighted by Gasteiger charge is 2.34. The quantitative estimate of drug-likeness (QED) is 0.657. The third-order valence-corrected chi connectivity index (χ3v) is 8.01. The second kappa shape index (κ2) is 9.19. The molecule has 1 amide bonds. The summed E-state index contributed by atoms with van der Waals surface area (Å²) in [5, 5.41) is 1.71. The lowest BCUT2D eigenvalue weighted by Crippen LogP contribution is -2.45. The standard InChI is InChI=1S/C19H22F2N2O4S2/c1-22(12-14-6-8-16(9-7-14)27-19(20)21)18(24)15-4-2-10-23(13-15)29(25,26)17-5-3-11-28-17/h3,5-9,11,15,19H,2,4,10,12-13H2,1H3. The summed E-state index contributed by atoms with van der Waals surface area (Å²) in [6.45, 7) is -2.03. The average Bonchev–Trinajstić information content (AvgIpc) is 3.24. The number of hydrogen-bond donors (Lipinski definition) is 0. The van der Waals surface area contributed by atoms with Crippen molar-refractivity contribution in [1.29, 1.82) is 0 Å². The lowest BCUT2D eigenvalue weighted by molar-refractivity contribution is -0.135. The highest BCUT2D eigenvalue weighted by molar-refractivity contribution is 7.91. The second-order valence-electron chi connectivity index (χ2n) is 6.85. The average molecular weight is 445 g/mol. The summed E-state index contributed by atoms with van der Waals surface area (Å²) >= 11 is 1.16. The molecule has 29 heavy (non-hydrogen) atoms. The maximum Gasteiger partial charge on any atom is 0.387 e. The summed E-state index contributed by atoms with van der Waals surface area (Å²) in [6, 6.07) is 9.35. The van der Waals surface area contributed by atoms with Gasteiger partial charge in [-0.15, -0.1) is 11.3 Å². The number of amides is 1. The molecule has 1 aromatic carbocycles. The van der Waals surface area contributed by atoms with E-state index in [9.17, 15) is 22.0 Å². The maximum atomic E-state index is 12.9. The van der Waals surface area contributed by atoms with Gasteiger partial charge in [0.25, 0.3) is 10.0 Å². The highest BCUT2D eigenvalue weighted by atomic mass is 32.2. The predicted molar refractivity (Wildman–Crippen MR) is 105 cm³/mol. The molecule has 0 aliphatic carbocycles. The summed E-state index contributed by atoms with van der Waals surface area (Å²) in [6.07, 6.45) is 1.25. The Morgan fingerprint density at radius 3 is 2.66 bits per heavy atom. The summed E-state index contributed by atoms with van der Waals surface area (Å²) < 4.78 is 55.9. The summed E-state index contributed by atoms with van der Waals surface area (Å²) in [4.78, 5) is 14.4. The third-order valence-electron chi connectivity index (χ3n) is 4.77. The van der Waals surface area contributed by atoms with E-state index in [2.05, 4.69) is 4.74 Å². The van der Waals surface area contributed by atoms with E-state index in [0.717, 1.165) is 16.9 Å². The molecular weight excluding hydrogens is 422 g/mol. The molecule has 1 aromatic heterocycles. The van der Waals surface area contributed by atoms with Crippen LogP contribution in [0.25, 0.3) is 0 Å². The van der Waals surface area contributed by atoms with Crippen LogP contribution in [0.4, 0.5) is 8.78 Å². The van der Waals surface area contributed by atoms with Gasteiger partial charge in [0.05, 0.1) is 5.92 Å². The Labute approximate surface area is 172 Å². The van der Waals surface area contributed by atoms with Crippen LogP contribution in [-0.2, 0) is 21.4 Å². The van der Waals surface area contributed by atoms with E-state index in [1.54, 1.807) is 36.7 Å².